The third-order valence-corrected chi connectivity index (χ3v) is 3.08. The molecule has 21 heavy (non-hydrogen) atoms. The second-order valence-electron chi connectivity index (χ2n) is 4.49. The van der Waals surface area contributed by atoms with Crippen molar-refractivity contribution in [2.45, 2.75) is 13.2 Å². The van der Waals surface area contributed by atoms with Crippen molar-refractivity contribution in [1.82, 2.24) is 0 Å². The average molecular weight is 286 g/mol. The molecule has 0 heterocycles. The Hall–Kier alpha value is -2.33. The number of hydrogen-bond donors (Lipinski definition) is 0. The molecule has 0 atom stereocenters. The van der Waals surface area contributed by atoms with Crippen LogP contribution in [0.15, 0.2) is 48.5 Å². The number of methoxy groups -OCH3 is 2. The van der Waals surface area contributed by atoms with Crippen molar-refractivity contribution in [3.8, 4) is 5.75 Å². The number of ether oxygens (including phenoxy) is 3. The molecule has 0 aromatic heterocycles. The summed E-state index contributed by atoms with van der Waals surface area (Å²) in [6.07, 6.45) is 0. The maximum Gasteiger partial charge on any atom is 0.338 e. The molecule has 0 unspecified atom stereocenters. The maximum absolute atomic E-state index is 11.7. The fraction of sp³-hybridized carbons (Fsp3) is 0.235. The van der Waals surface area contributed by atoms with Crippen molar-refractivity contribution in [1.29, 1.82) is 0 Å². The molecule has 4 heteroatoms. The summed E-state index contributed by atoms with van der Waals surface area (Å²) in [6.45, 7) is 0.801. The van der Waals surface area contributed by atoms with Crippen LogP contribution in [0.4, 0.5) is 0 Å². The van der Waals surface area contributed by atoms with Gasteiger partial charge in [-0.15, -0.1) is 0 Å². The van der Waals surface area contributed by atoms with Gasteiger partial charge in [0, 0.05) is 0 Å². The Bertz CT molecular complexity index is 607. The van der Waals surface area contributed by atoms with Crippen LogP contribution < -0.4 is 4.74 Å². The van der Waals surface area contributed by atoms with Crippen LogP contribution in [0.25, 0.3) is 0 Å². The van der Waals surface area contributed by atoms with Gasteiger partial charge in [-0.25, -0.2) is 4.79 Å². The summed E-state index contributed by atoms with van der Waals surface area (Å²) in [4.78, 5) is 11.7. The summed E-state index contributed by atoms with van der Waals surface area (Å²) >= 11 is 0. The molecule has 0 aliphatic carbocycles. The van der Waals surface area contributed by atoms with E-state index in [1.807, 2.05) is 36.4 Å². The van der Waals surface area contributed by atoms with E-state index in [2.05, 4.69) is 0 Å². The first-order valence-electron chi connectivity index (χ1n) is 6.61. The Kier molecular flexibility index (Phi) is 5.35. The largest absolute Gasteiger partial charge is 0.497 e. The monoisotopic (exact) mass is 286 g/mol. The lowest BCUT2D eigenvalue weighted by Crippen LogP contribution is -2.06. The van der Waals surface area contributed by atoms with Gasteiger partial charge in [-0.05, 0) is 29.3 Å². The van der Waals surface area contributed by atoms with Crippen molar-refractivity contribution >= 4 is 5.97 Å². The third kappa shape index (κ3) is 4.07. The summed E-state index contributed by atoms with van der Waals surface area (Å²) in [7, 11) is 3.00. The average Bonchev–Trinajstić information content (AvgIpc) is 2.55. The lowest BCUT2D eigenvalue weighted by atomic mass is 10.1. The van der Waals surface area contributed by atoms with Crippen LogP contribution in [0.5, 0.6) is 5.75 Å². The van der Waals surface area contributed by atoms with Crippen LogP contribution in [-0.4, -0.2) is 20.2 Å². The molecule has 0 radical (unpaired) electrons. The highest BCUT2D eigenvalue weighted by Crippen LogP contribution is 2.15. The molecule has 110 valence electrons. The smallest absolute Gasteiger partial charge is 0.338 e. The van der Waals surface area contributed by atoms with Crippen LogP contribution in [0, 0.1) is 0 Å². The normalized spacial score (nSPS) is 10.2. The predicted octanol–water partition coefficient (Wildman–Crippen LogP) is 3.20. The van der Waals surface area contributed by atoms with Crippen LogP contribution >= 0.6 is 0 Å². The second-order valence-corrected chi connectivity index (χ2v) is 4.49. The van der Waals surface area contributed by atoms with E-state index in [9.17, 15) is 4.79 Å². The van der Waals surface area contributed by atoms with E-state index in [1.165, 1.54) is 7.11 Å². The molecule has 2 aromatic rings. The van der Waals surface area contributed by atoms with E-state index in [0.29, 0.717) is 18.8 Å². The summed E-state index contributed by atoms with van der Waals surface area (Å²) in [5, 5.41) is 0. The molecule has 0 N–H and O–H groups in total. The molecule has 0 amide bonds. The highest BCUT2D eigenvalue weighted by Gasteiger charge is 2.10. The predicted molar refractivity (Wildman–Crippen MR) is 79.3 cm³/mol. The van der Waals surface area contributed by atoms with Gasteiger partial charge in [-0.1, -0.05) is 30.3 Å². The number of benzene rings is 2. The molecule has 0 spiro atoms. The van der Waals surface area contributed by atoms with Gasteiger partial charge in [-0.2, -0.15) is 0 Å². The summed E-state index contributed by atoms with van der Waals surface area (Å²) in [6, 6.07) is 15.0. The number of carbonyl (C=O) groups excluding carboxylic acids is 1. The van der Waals surface area contributed by atoms with Crippen molar-refractivity contribution in [3.05, 3.63) is 65.2 Å². The standard InChI is InChI=1S/C17H18O4/c1-19-15-8-5-6-13(10-15)11-21-12-14-7-3-4-9-16(14)17(18)20-2/h3-10H,11-12H2,1-2H3. The maximum atomic E-state index is 11.7. The summed E-state index contributed by atoms with van der Waals surface area (Å²) in [5.74, 6) is 0.446. The van der Waals surface area contributed by atoms with Crippen LogP contribution in [0.3, 0.4) is 0 Å². The first-order chi connectivity index (χ1) is 10.2. The van der Waals surface area contributed by atoms with Crippen LogP contribution in [0.2, 0.25) is 0 Å². The Morgan fingerprint density at radius 2 is 1.81 bits per heavy atom. The molecule has 0 aliphatic heterocycles. The van der Waals surface area contributed by atoms with Gasteiger partial charge in [0.05, 0.1) is 33.0 Å². The van der Waals surface area contributed by atoms with Gasteiger partial charge in [0.1, 0.15) is 5.75 Å². The zero-order valence-corrected chi connectivity index (χ0v) is 12.2. The van der Waals surface area contributed by atoms with E-state index >= 15 is 0 Å². The Labute approximate surface area is 124 Å². The molecule has 0 aliphatic rings. The lowest BCUT2D eigenvalue weighted by molar-refractivity contribution is 0.0590. The lowest BCUT2D eigenvalue weighted by Gasteiger charge is -2.09. The first-order valence-corrected chi connectivity index (χ1v) is 6.61. The third-order valence-electron chi connectivity index (χ3n) is 3.08. The number of hydrogen-bond acceptors (Lipinski definition) is 4. The van der Waals surface area contributed by atoms with Crippen molar-refractivity contribution in [3.63, 3.8) is 0 Å². The van der Waals surface area contributed by atoms with Gasteiger partial charge in [0.2, 0.25) is 0 Å². The first kappa shape index (κ1) is 15.1. The Morgan fingerprint density at radius 3 is 2.57 bits per heavy atom. The fourth-order valence-electron chi connectivity index (χ4n) is 2.00. The van der Waals surface area contributed by atoms with Crippen LogP contribution in [0.1, 0.15) is 21.5 Å². The molecule has 2 rings (SSSR count). The minimum Gasteiger partial charge on any atom is -0.497 e. The van der Waals surface area contributed by atoms with Gasteiger partial charge < -0.3 is 14.2 Å². The molecule has 4 nitrogen and oxygen atoms in total. The topological polar surface area (TPSA) is 44.8 Å². The highest BCUT2D eigenvalue weighted by atomic mass is 16.5. The van der Waals surface area contributed by atoms with Gasteiger partial charge in [0.25, 0.3) is 0 Å². The Morgan fingerprint density at radius 1 is 1.00 bits per heavy atom. The summed E-state index contributed by atoms with van der Waals surface area (Å²) < 4.78 is 15.6. The zero-order valence-electron chi connectivity index (χ0n) is 12.2. The number of rotatable bonds is 6. The fourth-order valence-corrected chi connectivity index (χ4v) is 2.00. The molecule has 2 aromatic carbocycles. The molecular weight excluding hydrogens is 268 g/mol. The van der Waals surface area contributed by atoms with E-state index in [-0.39, 0.29) is 5.97 Å². The van der Waals surface area contributed by atoms with Crippen molar-refractivity contribution < 1.29 is 19.0 Å². The molecule has 0 saturated carbocycles. The molecule has 0 fully saturated rings. The van der Waals surface area contributed by atoms with Gasteiger partial charge >= 0.3 is 5.97 Å². The van der Waals surface area contributed by atoms with Crippen molar-refractivity contribution in [2.24, 2.45) is 0 Å². The Balaban J connectivity index is 1.99. The van der Waals surface area contributed by atoms with Crippen LogP contribution in [-0.2, 0) is 22.7 Å². The van der Waals surface area contributed by atoms with E-state index in [1.54, 1.807) is 19.2 Å². The summed E-state index contributed by atoms with van der Waals surface area (Å²) in [5.41, 5.74) is 2.36. The van der Waals surface area contributed by atoms with Gasteiger partial charge in [0.15, 0.2) is 0 Å². The quantitative estimate of drug-likeness (QED) is 0.765. The minimum atomic E-state index is -0.351. The minimum absolute atomic E-state index is 0.350. The van der Waals surface area contributed by atoms with E-state index in [4.69, 9.17) is 14.2 Å². The van der Waals surface area contributed by atoms with Crippen molar-refractivity contribution in [2.75, 3.05) is 14.2 Å². The molecule has 0 bridgehead atoms. The number of esters is 1. The van der Waals surface area contributed by atoms with E-state index < -0.39 is 0 Å². The highest BCUT2D eigenvalue weighted by molar-refractivity contribution is 5.90. The second kappa shape index (κ2) is 7.45. The van der Waals surface area contributed by atoms with E-state index in [0.717, 1.165) is 16.9 Å². The molecule has 0 saturated heterocycles. The molecular formula is C17H18O4. The SMILES string of the molecule is COC(=O)c1ccccc1COCc1cccc(OC)c1. The van der Waals surface area contributed by atoms with Gasteiger partial charge in [-0.3, -0.25) is 0 Å². The number of carbonyl (C=O) groups is 1. The zero-order chi connectivity index (χ0) is 15.1.